The number of carboxylic acid groups (broad SMARTS) is 1. The Labute approximate surface area is 265 Å². The predicted octanol–water partition coefficient (Wildman–Crippen LogP) is 4.31. The Morgan fingerprint density at radius 2 is 1.89 bits per heavy atom. The van der Waals surface area contributed by atoms with E-state index >= 15 is 0 Å². The van der Waals surface area contributed by atoms with Crippen molar-refractivity contribution in [1.82, 2.24) is 34.3 Å². The normalized spacial score (nSPS) is 20.9. The molecule has 0 radical (unpaired) electrons. The summed E-state index contributed by atoms with van der Waals surface area (Å²) in [7, 11) is 3.68. The van der Waals surface area contributed by atoms with E-state index in [9.17, 15) is 14.7 Å². The van der Waals surface area contributed by atoms with Crippen LogP contribution in [0.15, 0.2) is 54.7 Å². The molecule has 12 heteroatoms. The van der Waals surface area contributed by atoms with Gasteiger partial charge in [-0.15, -0.1) is 0 Å². The molecule has 2 saturated heterocycles. The Kier molecular flexibility index (Phi) is 6.62. The van der Waals surface area contributed by atoms with Gasteiger partial charge in [-0.05, 0) is 56.0 Å². The van der Waals surface area contributed by atoms with Crippen molar-refractivity contribution in [3.8, 4) is 17.3 Å². The van der Waals surface area contributed by atoms with Crippen LogP contribution in [0, 0.1) is 18.8 Å². The highest BCUT2D eigenvalue weighted by atomic mass is 16.5. The quantitative estimate of drug-likeness (QED) is 0.275. The van der Waals surface area contributed by atoms with Crippen LogP contribution in [0.3, 0.4) is 0 Å². The number of nitrogens with zero attached hydrogens (tertiary/aromatic N) is 7. The fourth-order valence-electron chi connectivity index (χ4n) is 7.89. The largest absolute Gasteiger partial charge is 0.494 e. The molecule has 2 aromatic carbocycles. The topological polar surface area (TPSA) is 131 Å². The summed E-state index contributed by atoms with van der Waals surface area (Å²) in [6, 6.07) is 15.7. The van der Waals surface area contributed by atoms with Gasteiger partial charge in [-0.2, -0.15) is 0 Å². The van der Waals surface area contributed by atoms with E-state index < -0.39 is 6.09 Å². The van der Waals surface area contributed by atoms with Gasteiger partial charge in [0.1, 0.15) is 22.9 Å². The monoisotopic (exact) mass is 620 g/mol. The lowest BCUT2D eigenvalue weighted by Gasteiger charge is -2.40. The second-order valence-corrected chi connectivity index (χ2v) is 12.8. The molecule has 2 N–H and O–H groups in total. The van der Waals surface area contributed by atoms with E-state index in [-0.39, 0.29) is 23.9 Å². The molecule has 12 nitrogen and oxygen atoms in total. The maximum atomic E-state index is 14.0. The number of nitrogens with one attached hydrogen (secondary N) is 1. The highest BCUT2D eigenvalue weighted by molar-refractivity contribution is 6.00. The summed E-state index contributed by atoms with van der Waals surface area (Å²) in [6.45, 7) is 4.86. The number of benzene rings is 2. The summed E-state index contributed by atoms with van der Waals surface area (Å²) in [4.78, 5) is 43.5. The number of aryl methyl sites for hydroxylation is 2. The van der Waals surface area contributed by atoms with Crippen LogP contribution in [0.25, 0.3) is 33.5 Å². The van der Waals surface area contributed by atoms with Gasteiger partial charge in [0.2, 0.25) is 0 Å². The number of imidazole rings is 1. The molecular formula is C34H36N8O4. The van der Waals surface area contributed by atoms with Crippen molar-refractivity contribution in [2.45, 2.75) is 38.4 Å². The highest BCUT2D eigenvalue weighted by Crippen LogP contribution is 2.41. The summed E-state index contributed by atoms with van der Waals surface area (Å²) in [6.07, 6.45) is 2.45. The Balaban J connectivity index is 1.18. The Bertz CT molecular complexity index is 2010. The van der Waals surface area contributed by atoms with Crippen molar-refractivity contribution < 1.29 is 19.4 Å². The SMILES string of the molecule is COc1cc(C(=O)N2C[C@H]3CC[C@@H]2[C@@H]3NC(=O)O)cc2nc(-c3cc4ccccc4n3C)n(CC3CN(c4ccnc(C)n4)C3)c12. The third kappa shape index (κ3) is 4.53. The molecule has 0 spiro atoms. The lowest BCUT2D eigenvalue weighted by atomic mass is 9.99. The molecule has 3 aliphatic rings. The number of para-hydroxylation sites is 1. The van der Waals surface area contributed by atoms with Gasteiger partial charge >= 0.3 is 6.09 Å². The lowest BCUT2D eigenvalue weighted by molar-refractivity contribution is 0.0697. The van der Waals surface area contributed by atoms with E-state index in [4.69, 9.17) is 9.72 Å². The first-order valence-electron chi connectivity index (χ1n) is 15.8. The molecule has 2 bridgehead atoms. The first kappa shape index (κ1) is 28.4. The molecule has 2 aliphatic heterocycles. The average Bonchev–Trinajstić information content (AvgIpc) is 3.77. The van der Waals surface area contributed by atoms with Crippen LogP contribution in [0.4, 0.5) is 10.6 Å². The van der Waals surface area contributed by atoms with E-state index in [1.54, 1.807) is 13.3 Å². The van der Waals surface area contributed by atoms with E-state index in [2.05, 4.69) is 54.6 Å². The van der Waals surface area contributed by atoms with Gasteiger partial charge in [0.25, 0.3) is 5.91 Å². The van der Waals surface area contributed by atoms with Crippen molar-refractivity contribution in [3.05, 3.63) is 66.1 Å². The van der Waals surface area contributed by atoms with Gasteiger partial charge in [-0.1, -0.05) is 18.2 Å². The molecule has 0 unspecified atom stereocenters. The number of fused-ring (bicyclic) bond motifs is 4. The van der Waals surface area contributed by atoms with Crippen molar-refractivity contribution in [3.63, 3.8) is 0 Å². The summed E-state index contributed by atoms with van der Waals surface area (Å²) in [5, 5.41) is 13.2. The van der Waals surface area contributed by atoms with Crippen LogP contribution in [-0.4, -0.2) is 84.9 Å². The number of likely N-dealkylation sites (tertiary alicyclic amines) is 1. The molecule has 8 rings (SSSR count). The summed E-state index contributed by atoms with van der Waals surface area (Å²) < 4.78 is 10.4. The number of amides is 2. The number of carbonyl (C=O) groups is 2. The zero-order valence-corrected chi connectivity index (χ0v) is 26.1. The first-order chi connectivity index (χ1) is 22.3. The Hall–Kier alpha value is -5.13. The molecule has 3 aromatic heterocycles. The zero-order valence-electron chi connectivity index (χ0n) is 26.1. The van der Waals surface area contributed by atoms with Gasteiger partial charge in [0.15, 0.2) is 5.82 Å². The minimum absolute atomic E-state index is 0.125. The first-order valence-corrected chi connectivity index (χ1v) is 15.8. The molecule has 3 fully saturated rings. The van der Waals surface area contributed by atoms with Crippen LogP contribution in [0.5, 0.6) is 5.75 Å². The molecule has 5 aromatic rings. The summed E-state index contributed by atoms with van der Waals surface area (Å²) in [5.41, 5.74) is 4.13. The number of anilines is 1. The zero-order chi connectivity index (χ0) is 31.7. The number of piperidine rings is 1. The van der Waals surface area contributed by atoms with E-state index in [1.165, 1.54) is 0 Å². The summed E-state index contributed by atoms with van der Waals surface area (Å²) in [5.74, 6) is 3.45. The summed E-state index contributed by atoms with van der Waals surface area (Å²) >= 11 is 0. The molecule has 46 heavy (non-hydrogen) atoms. The number of hydrogen-bond donors (Lipinski definition) is 2. The average molecular weight is 621 g/mol. The van der Waals surface area contributed by atoms with Crippen LogP contribution < -0.4 is 15.0 Å². The van der Waals surface area contributed by atoms with E-state index in [0.717, 1.165) is 72.1 Å². The fourth-order valence-corrected chi connectivity index (χ4v) is 7.89. The Morgan fingerprint density at radius 3 is 2.65 bits per heavy atom. The predicted molar refractivity (Wildman–Crippen MR) is 173 cm³/mol. The standard InChI is InChI=1S/C34H36N8O4/c1-19-35-11-10-29(36-19)40-15-20(16-40)17-42-31-24(37-32(42)27-13-21-6-4-5-7-25(21)39(27)2)12-23(14-28(31)46-3)33(43)41-18-22-8-9-26(41)30(22)38-34(44)45/h4-7,10-14,20,22,26,30,38H,8-9,15-18H2,1-3H3,(H,44,45)/t22-,26-,30-/m1/s1. The maximum absolute atomic E-state index is 14.0. The van der Waals surface area contributed by atoms with E-state index in [1.807, 2.05) is 42.2 Å². The minimum Gasteiger partial charge on any atom is -0.494 e. The van der Waals surface area contributed by atoms with Crippen LogP contribution in [0.2, 0.25) is 0 Å². The third-order valence-corrected chi connectivity index (χ3v) is 10.1. The Morgan fingerprint density at radius 1 is 1.07 bits per heavy atom. The highest BCUT2D eigenvalue weighted by Gasteiger charge is 2.49. The van der Waals surface area contributed by atoms with Crippen LogP contribution >= 0.6 is 0 Å². The smallest absolute Gasteiger partial charge is 0.404 e. The van der Waals surface area contributed by atoms with Gasteiger partial charge in [0, 0.05) is 61.8 Å². The molecule has 236 valence electrons. The van der Waals surface area contributed by atoms with Gasteiger partial charge in [0.05, 0.1) is 30.4 Å². The van der Waals surface area contributed by atoms with E-state index in [0.29, 0.717) is 29.3 Å². The number of aromatic nitrogens is 5. The maximum Gasteiger partial charge on any atom is 0.404 e. The van der Waals surface area contributed by atoms with Gasteiger partial charge in [-0.3, -0.25) is 4.79 Å². The van der Waals surface area contributed by atoms with Gasteiger partial charge < -0.3 is 34.1 Å². The van der Waals surface area contributed by atoms with Crippen molar-refractivity contribution in [1.29, 1.82) is 0 Å². The molecule has 1 saturated carbocycles. The van der Waals surface area contributed by atoms with Crippen LogP contribution in [-0.2, 0) is 13.6 Å². The molecular weight excluding hydrogens is 584 g/mol. The fraction of sp³-hybridized carbons (Fsp3) is 0.382. The second-order valence-electron chi connectivity index (χ2n) is 12.8. The van der Waals surface area contributed by atoms with Crippen molar-refractivity contribution in [2.24, 2.45) is 18.9 Å². The third-order valence-electron chi connectivity index (χ3n) is 10.1. The number of methoxy groups -OCH3 is 1. The second kappa shape index (κ2) is 10.7. The minimum atomic E-state index is -1.05. The van der Waals surface area contributed by atoms with Crippen LogP contribution in [0.1, 0.15) is 29.0 Å². The molecule has 2 amide bonds. The molecule has 5 heterocycles. The van der Waals surface area contributed by atoms with Crippen molar-refractivity contribution >= 4 is 39.8 Å². The molecule has 3 atom stereocenters. The van der Waals surface area contributed by atoms with Crippen molar-refractivity contribution in [2.75, 3.05) is 31.6 Å². The lowest BCUT2D eigenvalue weighted by Crippen LogP contribution is -2.49. The molecule has 1 aliphatic carbocycles. The number of carbonyl (C=O) groups excluding carboxylic acids is 1. The number of hydrogen-bond acceptors (Lipinski definition) is 7. The number of ether oxygens (including phenoxy) is 1. The van der Waals surface area contributed by atoms with Gasteiger partial charge in [-0.25, -0.2) is 19.7 Å². The number of rotatable bonds is 7.